The molecule has 8 rings (SSSR count). The van der Waals surface area contributed by atoms with Crippen molar-refractivity contribution in [3.8, 4) is 0 Å². The first-order chi connectivity index (χ1) is 10.4. The van der Waals surface area contributed by atoms with E-state index < -0.39 is 11.2 Å². The van der Waals surface area contributed by atoms with Gasteiger partial charge in [-0.1, -0.05) is 0 Å². The highest BCUT2D eigenvalue weighted by Gasteiger charge is 2.70. The maximum absolute atomic E-state index is 11.2. The molecule has 0 heterocycles. The molecule has 0 saturated heterocycles. The Hall–Kier alpha value is -0.0800. The first-order valence-electron chi connectivity index (χ1n) is 9.84. The van der Waals surface area contributed by atoms with Crippen LogP contribution in [-0.4, -0.2) is 21.4 Å². The van der Waals surface area contributed by atoms with Crippen molar-refractivity contribution < 1.29 is 10.2 Å². The van der Waals surface area contributed by atoms with Crippen molar-refractivity contribution in [2.75, 3.05) is 0 Å². The lowest BCUT2D eigenvalue weighted by Gasteiger charge is -2.72. The lowest BCUT2D eigenvalue weighted by molar-refractivity contribution is -0.281. The van der Waals surface area contributed by atoms with Gasteiger partial charge in [0, 0.05) is 6.42 Å². The molecule has 0 spiro atoms. The fraction of sp³-hybridized carbons (Fsp3) is 1.00. The van der Waals surface area contributed by atoms with E-state index in [0.717, 1.165) is 43.4 Å². The summed E-state index contributed by atoms with van der Waals surface area (Å²) < 4.78 is 0. The Morgan fingerprint density at radius 1 is 0.500 bits per heavy atom. The maximum atomic E-state index is 11.2. The molecular formula is C20H30O2. The predicted molar refractivity (Wildman–Crippen MR) is 84.1 cm³/mol. The van der Waals surface area contributed by atoms with Crippen LogP contribution in [0.1, 0.15) is 77.0 Å². The van der Waals surface area contributed by atoms with Crippen LogP contribution >= 0.6 is 0 Å². The normalized spacial score (nSPS) is 67.9. The first kappa shape index (κ1) is 13.2. The Balaban J connectivity index is 1.47. The van der Waals surface area contributed by atoms with Crippen LogP contribution in [0.3, 0.4) is 0 Å². The van der Waals surface area contributed by atoms with Crippen LogP contribution in [0.15, 0.2) is 0 Å². The summed E-state index contributed by atoms with van der Waals surface area (Å²) in [6.07, 6.45) is 14.7. The first-order valence-corrected chi connectivity index (χ1v) is 9.84. The second-order valence-corrected chi connectivity index (χ2v) is 10.9. The number of hydrogen-bond acceptors (Lipinski definition) is 2. The van der Waals surface area contributed by atoms with Crippen LogP contribution in [0.5, 0.6) is 0 Å². The summed E-state index contributed by atoms with van der Waals surface area (Å²) in [6, 6.07) is 0. The van der Waals surface area contributed by atoms with Gasteiger partial charge >= 0.3 is 0 Å². The molecule has 8 saturated carbocycles. The Labute approximate surface area is 133 Å². The molecule has 122 valence electrons. The van der Waals surface area contributed by atoms with E-state index in [4.69, 9.17) is 0 Å². The highest BCUT2D eigenvalue weighted by molar-refractivity contribution is 5.21. The van der Waals surface area contributed by atoms with Gasteiger partial charge in [-0.15, -0.1) is 0 Å². The maximum Gasteiger partial charge on any atom is 0.0683 e. The van der Waals surface area contributed by atoms with Crippen LogP contribution in [0.2, 0.25) is 0 Å². The van der Waals surface area contributed by atoms with Crippen molar-refractivity contribution in [3.63, 3.8) is 0 Å². The van der Waals surface area contributed by atoms with E-state index >= 15 is 0 Å². The van der Waals surface area contributed by atoms with Crippen molar-refractivity contribution in [3.05, 3.63) is 0 Å². The number of rotatable bonds is 1. The van der Waals surface area contributed by atoms with E-state index in [0.29, 0.717) is 17.8 Å². The van der Waals surface area contributed by atoms with Crippen LogP contribution in [0.4, 0.5) is 0 Å². The zero-order valence-electron chi connectivity index (χ0n) is 13.7. The molecule has 8 aliphatic carbocycles. The molecule has 8 fully saturated rings. The lowest BCUT2D eigenvalue weighted by Crippen LogP contribution is -2.69. The molecule has 0 aromatic heterocycles. The van der Waals surface area contributed by atoms with Crippen molar-refractivity contribution in [2.45, 2.75) is 88.3 Å². The van der Waals surface area contributed by atoms with Gasteiger partial charge in [-0.25, -0.2) is 0 Å². The number of aliphatic hydroxyl groups is 2. The van der Waals surface area contributed by atoms with E-state index in [2.05, 4.69) is 0 Å². The third kappa shape index (κ3) is 1.50. The van der Waals surface area contributed by atoms with Gasteiger partial charge in [0.05, 0.1) is 11.2 Å². The van der Waals surface area contributed by atoms with Crippen LogP contribution in [-0.2, 0) is 0 Å². The fourth-order valence-corrected chi connectivity index (χ4v) is 9.69. The Kier molecular flexibility index (Phi) is 2.18. The van der Waals surface area contributed by atoms with Gasteiger partial charge in [-0.05, 0) is 105 Å². The summed E-state index contributed by atoms with van der Waals surface area (Å²) in [6.45, 7) is 0. The highest BCUT2D eigenvalue weighted by atomic mass is 16.3. The van der Waals surface area contributed by atoms with Gasteiger partial charge in [0.25, 0.3) is 0 Å². The molecule has 0 aliphatic heterocycles. The molecule has 22 heavy (non-hydrogen) atoms. The highest BCUT2D eigenvalue weighted by Crippen LogP contribution is 2.75. The minimum Gasteiger partial charge on any atom is -0.390 e. The summed E-state index contributed by atoms with van der Waals surface area (Å²) in [5.41, 5.74) is -0.288. The molecule has 8 aliphatic rings. The topological polar surface area (TPSA) is 40.5 Å². The van der Waals surface area contributed by atoms with Gasteiger partial charge in [0.15, 0.2) is 0 Å². The largest absolute Gasteiger partial charge is 0.390 e. The molecule has 2 N–H and O–H groups in total. The zero-order valence-corrected chi connectivity index (χ0v) is 13.7. The molecule has 0 radical (unpaired) electrons. The van der Waals surface area contributed by atoms with Crippen molar-refractivity contribution in [2.24, 2.45) is 34.5 Å². The predicted octanol–water partition coefficient (Wildman–Crippen LogP) is 3.65. The minimum atomic E-state index is -0.530. The average Bonchev–Trinajstić information content (AvgIpc) is 2.31. The summed E-state index contributed by atoms with van der Waals surface area (Å²) in [5, 5.41) is 22.3. The second kappa shape index (κ2) is 3.61. The molecular weight excluding hydrogens is 272 g/mol. The molecule has 2 unspecified atom stereocenters. The monoisotopic (exact) mass is 302 g/mol. The Morgan fingerprint density at radius 2 is 0.955 bits per heavy atom. The summed E-state index contributed by atoms with van der Waals surface area (Å²) in [7, 11) is 0. The molecule has 2 nitrogen and oxygen atoms in total. The third-order valence-electron chi connectivity index (χ3n) is 9.17. The Morgan fingerprint density at radius 3 is 1.41 bits per heavy atom. The summed E-state index contributed by atoms with van der Waals surface area (Å²) >= 11 is 0. The van der Waals surface area contributed by atoms with E-state index in [1.54, 1.807) is 0 Å². The molecule has 0 aromatic carbocycles. The van der Waals surface area contributed by atoms with Gasteiger partial charge < -0.3 is 10.2 Å². The van der Waals surface area contributed by atoms with Crippen molar-refractivity contribution in [1.29, 1.82) is 0 Å². The summed E-state index contributed by atoms with van der Waals surface area (Å²) in [4.78, 5) is 0. The van der Waals surface area contributed by atoms with Crippen LogP contribution < -0.4 is 0 Å². The van der Waals surface area contributed by atoms with E-state index in [1.807, 2.05) is 0 Å². The molecule has 8 bridgehead atoms. The van der Waals surface area contributed by atoms with Gasteiger partial charge in [0.1, 0.15) is 0 Å². The molecule has 0 aromatic rings. The second-order valence-electron chi connectivity index (χ2n) is 10.9. The average molecular weight is 302 g/mol. The zero-order chi connectivity index (χ0) is 14.8. The van der Waals surface area contributed by atoms with Gasteiger partial charge in [0.2, 0.25) is 0 Å². The minimum absolute atomic E-state index is 0.284. The standard InChI is InChI=1S/C20H30O2/c21-19-8-16-7-18(10-19,11-20(22,9-16)12-19)17-4-13-1-14(5-17)3-15(2-13)6-17/h13-16,21-22H,1-12H2. The quantitative estimate of drug-likeness (QED) is 0.776. The van der Waals surface area contributed by atoms with Gasteiger partial charge in [-0.2, -0.15) is 0 Å². The van der Waals surface area contributed by atoms with E-state index in [-0.39, 0.29) is 5.41 Å². The van der Waals surface area contributed by atoms with Crippen molar-refractivity contribution in [1.82, 2.24) is 0 Å². The van der Waals surface area contributed by atoms with Crippen molar-refractivity contribution >= 4 is 0 Å². The Bertz CT molecular complexity index is 485. The molecule has 2 atom stereocenters. The fourth-order valence-electron chi connectivity index (χ4n) is 9.69. The smallest absolute Gasteiger partial charge is 0.0683 e. The molecule has 0 amide bonds. The molecule has 2 heteroatoms. The number of hydrogen-bond donors (Lipinski definition) is 2. The van der Waals surface area contributed by atoms with E-state index in [1.165, 1.54) is 44.9 Å². The van der Waals surface area contributed by atoms with Crippen LogP contribution in [0, 0.1) is 34.5 Å². The SMILES string of the molecule is OC12CC3CC(O)(C1)CC(C14CC5CC(CC(C5)C1)C4)(C3)C2. The van der Waals surface area contributed by atoms with E-state index in [9.17, 15) is 10.2 Å². The summed E-state index contributed by atoms with van der Waals surface area (Å²) in [5.74, 6) is 3.52. The van der Waals surface area contributed by atoms with Gasteiger partial charge in [-0.3, -0.25) is 0 Å². The van der Waals surface area contributed by atoms with Crippen LogP contribution in [0.25, 0.3) is 0 Å². The lowest BCUT2D eigenvalue weighted by atomic mass is 9.34. The third-order valence-corrected chi connectivity index (χ3v) is 9.17.